The van der Waals surface area contributed by atoms with Crippen LogP contribution >= 0.6 is 11.8 Å². The molecule has 1 saturated heterocycles. The first kappa shape index (κ1) is 19.9. The molecular weight excluding hydrogens is 380 g/mol. The summed E-state index contributed by atoms with van der Waals surface area (Å²) < 4.78 is 27.4. The summed E-state index contributed by atoms with van der Waals surface area (Å²) in [6, 6.07) is 13.8. The third-order valence-electron chi connectivity index (χ3n) is 4.63. The van der Waals surface area contributed by atoms with Crippen LogP contribution in [0.15, 0.2) is 58.3 Å². The number of nitrogens with one attached hydrogen (secondary N) is 1. The predicted octanol–water partition coefficient (Wildman–Crippen LogP) is 4.23. The van der Waals surface area contributed by atoms with Gasteiger partial charge in [0, 0.05) is 29.2 Å². The number of benzene rings is 2. The molecule has 1 N–H and O–H groups in total. The fraction of sp³-hybridized carbons (Fsp3) is 0.350. The van der Waals surface area contributed by atoms with Crippen molar-refractivity contribution in [1.82, 2.24) is 4.31 Å². The monoisotopic (exact) mass is 404 g/mol. The number of carbonyl (C=O) groups is 1. The van der Waals surface area contributed by atoms with Gasteiger partial charge in [0.2, 0.25) is 10.0 Å². The van der Waals surface area contributed by atoms with Gasteiger partial charge < -0.3 is 5.32 Å². The molecule has 0 bridgehead atoms. The molecule has 0 saturated carbocycles. The maximum atomic E-state index is 12.9. The van der Waals surface area contributed by atoms with Gasteiger partial charge in [0.1, 0.15) is 0 Å². The highest BCUT2D eigenvalue weighted by Gasteiger charge is 2.25. The summed E-state index contributed by atoms with van der Waals surface area (Å²) >= 11 is 1.59. The molecule has 1 amide bonds. The number of carbonyl (C=O) groups excluding carboxylic acids is 1. The highest BCUT2D eigenvalue weighted by molar-refractivity contribution is 7.98. The molecule has 7 heteroatoms. The van der Waals surface area contributed by atoms with Gasteiger partial charge in [-0.2, -0.15) is 4.31 Å². The van der Waals surface area contributed by atoms with E-state index >= 15 is 0 Å². The smallest absolute Gasteiger partial charge is 0.255 e. The van der Waals surface area contributed by atoms with Crippen LogP contribution < -0.4 is 5.32 Å². The van der Waals surface area contributed by atoms with Gasteiger partial charge >= 0.3 is 0 Å². The van der Waals surface area contributed by atoms with E-state index in [1.807, 2.05) is 30.5 Å². The zero-order chi connectivity index (χ0) is 19.3. The number of nitrogens with zero attached hydrogens (tertiary/aromatic N) is 1. The minimum Gasteiger partial charge on any atom is -0.322 e. The Bertz CT molecular complexity index is 905. The lowest BCUT2D eigenvalue weighted by Crippen LogP contribution is -2.32. The van der Waals surface area contributed by atoms with Gasteiger partial charge in [0.05, 0.1) is 4.90 Å². The van der Waals surface area contributed by atoms with Crippen LogP contribution in [-0.4, -0.2) is 38.0 Å². The van der Waals surface area contributed by atoms with Crippen LogP contribution in [0.4, 0.5) is 5.69 Å². The Morgan fingerprint density at radius 1 is 1.00 bits per heavy atom. The standard InChI is InChI=1S/C20H24N2O3S2/c1-26-18-10-7-9-17(15-18)21-20(23)16-8-6-11-19(14-16)27(24,25)22-12-4-2-3-5-13-22/h6-11,14-15H,2-5,12-13H2,1H3,(H,21,23). The fourth-order valence-electron chi connectivity index (χ4n) is 3.13. The molecular formula is C20H24N2O3S2. The summed E-state index contributed by atoms with van der Waals surface area (Å²) in [5.41, 5.74) is 1.02. The maximum absolute atomic E-state index is 12.9. The summed E-state index contributed by atoms with van der Waals surface area (Å²) in [4.78, 5) is 13.8. The Morgan fingerprint density at radius 3 is 2.41 bits per heavy atom. The molecule has 144 valence electrons. The molecule has 0 aliphatic carbocycles. The van der Waals surface area contributed by atoms with Crippen molar-refractivity contribution < 1.29 is 13.2 Å². The van der Waals surface area contributed by atoms with Crippen LogP contribution in [0.5, 0.6) is 0 Å². The quantitative estimate of drug-likeness (QED) is 0.758. The molecule has 27 heavy (non-hydrogen) atoms. The van der Waals surface area contributed by atoms with E-state index in [0.717, 1.165) is 30.6 Å². The molecule has 1 aliphatic heterocycles. The van der Waals surface area contributed by atoms with Gasteiger partial charge in [-0.3, -0.25) is 4.79 Å². The van der Waals surface area contributed by atoms with Crippen molar-refractivity contribution in [2.45, 2.75) is 35.5 Å². The SMILES string of the molecule is CSc1cccc(NC(=O)c2cccc(S(=O)(=O)N3CCCCCC3)c2)c1. The Hall–Kier alpha value is -1.83. The summed E-state index contributed by atoms with van der Waals surface area (Å²) in [5.74, 6) is -0.318. The molecule has 2 aromatic carbocycles. The molecule has 0 aromatic heterocycles. The largest absolute Gasteiger partial charge is 0.322 e. The van der Waals surface area contributed by atoms with E-state index in [1.54, 1.807) is 34.3 Å². The number of hydrogen-bond donors (Lipinski definition) is 1. The molecule has 0 unspecified atom stereocenters. The summed E-state index contributed by atoms with van der Waals surface area (Å²) in [6.45, 7) is 1.08. The number of sulfonamides is 1. The second kappa shape index (κ2) is 8.91. The first-order chi connectivity index (χ1) is 13.0. The zero-order valence-corrected chi connectivity index (χ0v) is 17.0. The van der Waals surface area contributed by atoms with Crippen LogP contribution in [0.3, 0.4) is 0 Å². The van der Waals surface area contributed by atoms with E-state index in [2.05, 4.69) is 5.32 Å². The van der Waals surface area contributed by atoms with Crippen molar-refractivity contribution in [2.24, 2.45) is 0 Å². The topological polar surface area (TPSA) is 66.5 Å². The van der Waals surface area contributed by atoms with Gasteiger partial charge in [-0.15, -0.1) is 11.8 Å². The number of anilines is 1. The maximum Gasteiger partial charge on any atom is 0.255 e. The van der Waals surface area contributed by atoms with Gasteiger partial charge in [-0.25, -0.2) is 8.42 Å². The summed E-state index contributed by atoms with van der Waals surface area (Å²) in [5, 5.41) is 2.84. The van der Waals surface area contributed by atoms with Crippen molar-refractivity contribution in [2.75, 3.05) is 24.7 Å². The minimum atomic E-state index is -3.57. The first-order valence-corrected chi connectivity index (χ1v) is 11.7. The third-order valence-corrected chi connectivity index (χ3v) is 7.25. The van der Waals surface area contributed by atoms with Crippen molar-refractivity contribution in [3.63, 3.8) is 0 Å². The minimum absolute atomic E-state index is 0.176. The van der Waals surface area contributed by atoms with Gasteiger partial charge in [-0.05, 0) is 55.5 Å². The predicted molar refractivity (Wildman–Crippen MR) is 110 cm³/mol. The lowest BCUT2D eigenvalue weighted by molar-refractivity contribution is 0.102. The Morgan fingerprint density at radius 2 is 1.70 bits per heavy atom. The Labute approximate surface area is 165 Å². The Kier molecular flexibility index (Phi) is 6.57. The van der Waals surface area contributed by atoms with Crippen molar-refractivity contribution in [1.29, 1.82) is 0 Å². The fourth-order valence-corrected chi connectivity index (χ4v) is 5.16. The van der Waals surface area contributed by atoms with Crippen molar-refractivity contribution in [3.05, 3.63) is 54.1 Å². The number of thioether (sulfide) groups is 1. The average molecular weight is 405 g/mol. The molecule has 0 atom stereocenters. The van der Waals surface area contributed by atoms with E-state index in [-0.39, 0.29) is 10.8 Å². The second-order valence-electron chi connectivity index (χ2n) is 6.53. The first-order valence-electron chi connectivity index (χ1n) is 9.06. The molecule has 1 heterocycles. The molecule has 1 fully saturated rings. The number of amides is 1. The van der Waals surface area contributed by atoms with Crippen LogP contribution in [-0.2, 0) is 10.0 Å². The van der Waals surface area contributed by atoms with Gasteiger partial charge in [0.25, 0.3) is 5.91 Å². The molecule has 5 nitrogen and oxygen atoms in total. The molecule has 0 radical (unpaired) electrons. The normalized spacial score (nSPS) is 15.9. The molecule has 1 aliphatic rings. The zero-order valence-electron chi connectivity index (χ0n) is 15.3. The highest BCUT2D eigenvalue weighted by Crippen LogP contribution is 2.23. The number of hydrogen-bond acceptors (Lipinski definition) is 4. The summed E-state index contributed by atoms with van der Waals surface area (Å²) in [6.07, 6.45) is 5.85. The van der Waals surface area contributed by atoms with E-state index in [1.165, 1.54) is 6.07 Å². The lowest BCUT2D eigenvalue weighted by Gasteiger charge is -2.20. The molecule has 3 rings (SSSR count). The van der Waals surface area contributed by atoms with E-state index < -0.39 is 10.0 Å². The third kappa shape index (κ3) is 4.91. The van der Waals surface area contributed by atoms with E-state index in [4.69, 9.17) is 0 Å². The average Bonchev–Trinajstić information content (AvgIpc) is 2.98. The van der Waals surface area contributed by atoms with Gasteiger partial charge in [-0.1, -0.05) is 25.0 Å². The van der Waals surface area contributed by atoms with Crippen LogP contribution in [0, 0.1) is 0 Å². The number of rotatable bonds is 5. The second-order valence-corrected chi connectivity index (χ2v) is 9.35. The van der Waals surface area contributed by atoms with Crippen molar-refractivity contribution >= 4 is 33.4 Å². The molecule has 0 spiro atoms. The van der Waals surface area contributed by atoms with Crippen molar-refractivity contribution in [3.8, 4) is 0 Å². The van der Waals surface area contributed by atoms with Crippen LogP contribution in [0.25, 0.3) is 0 Å². The van der Waals surface area contributed by atoms with E-state index in [0.29, 0.717) is 24.3 Å². The molecule has 2 aromatic rings. The van der Waals surface area contributed by atoms with Gasteiger partial charge in [0.15, 0.2) is 0 Å². The highest BCUT2D eigenvalue weighted by atomic mass is 32.2. The Balaban J connectivity index is 1.80. The van der Waals surface area contributed by atoms with Crippen LogP contribution in [0.1, 0.15) is 36.0 Å². The van der Waals surface area contributed by atoms with Crippen LogP contribution in [0.2, 0.25) is 0 Å². The lowest BCUT2D eigenvalue weighted by atomic mass is 10.2. The van der Waals surface area contributed by atoms with E-state index in [9.17, 15) is 13.2 Å². The summed E-state index contributed by atoms with van der Waals surface area (Å²) in [7, 11) is -3.57.